The number of nitrogens with zero attached hydrogens (tertiary/aromatic N) is 2. The van der Waals surface area contributed by atoms with E-state index in [1.54, 1.807) is 7.11 Å². The smallest absolute Gasteiger partial charge is 0.233 e. The fraction of sp³-hybridized carbons (Fsp3) is 0.389. The second-order valence-electron chi connectivity index (χ2n) is 5.59. The molecule has 1 heterocycles. The zero-order valence-electron chi connectivity index (χ0n) is 14.7. The van der Waals surface area contributed by atoms with E-state index >= 15 is 0 Å². The normalized spacial score (nSPS) is 11.9. The Hall–Kier alpha value is -2.08. The number of hydrogen-bond acceptors (Lipinski definition) is 5. The fourth-order valence-corrected chi connectivity index (χ4v) is 3.07. The molecular formula is C18H23N3O2S. The number of carbonyl (C=O) groups is 1. The number of aryl methyl sites for hydroxylation is 2. The van der Waals surface area contributed by atoms with Crippen LogP contribution in [-0.4, -0.2) is 28.2 Å². The van der Waals surface area contributed by atoms with E-state index < -0.39 is 0 Å². The summed E-state index contributed by atoms with van der Waals surface area (Å²) >= 11 is 1.37. The van der Waals surface area contributed by atoms with Crippen LogP contribution in [0.4, 0.5) is 0 Å². The summed E-state index contributed by atoms with van der Waals surface area (Å²) in [5, 5.41) is 3.30. The lowest BCUT2D eigenvalue weighted by Crippen LogP contribution is -2.30. The van der Waals surface area contributed by atoms with Gasteiger partial charge < -0.3 is 10.1 Å². The van der Waals surface area contributed by atoms with Crippen LogP contribution in [0.25, 0.3) is 0 Å². The molecule has 0 spiro atoms. The Labute approximate surface area is 147 Å². The van der Waals surface area contributed by atoms with Crippen molar-refractivity contribution in [3.05, 3.63) is 46.8 Å². The Kier molecular flexibility index (Phi) is 6.20. The van der Waals surface area contributed by atoms with Gasteiger partial charge in [0.25, 0.3) is 0 Å². The van der Waals surface area contributed by atoms with E-state index in [4.69, 9.17) is 4.74 Å². The van der Waals surface area contributed by atoms with Crippen molar-refractivity contribution in [2.75, 3.05) is 7.11 Å². The molecular weight excluding hydrogens is 322 g/mol. The number of rotatable bonds is 6. The molecule has 2 rings (SSSR count). The number of nitrogens with one attached hydrogen (secondary N) is 1. The molecule has 0 bridgehead atoms. The first-order chi connectivity index (χ1) is 11.4. The number of aromatic nitrogens is 2. The van der Waals surface area contributed by atoms with E-state index in [9.17, 15) is 4.79 Å². The lowest BCUT2D eigenvalue weighted by molar-refractivity contribution is -0.120. The maximum atomic E-state index is 12.3. The quantitative estimate of drug-likeness (QED) is 0.643. The number of amides is 1. The second kappa shape index (κ2) is 8.15. The molecule has 0 saturated heterocycles. The molecule has 0 fully saturated rings. The standard InChI is InChI=1S/C18H23N3O2S/c1-11-12(2)20-18(21-13(11)3)24-14(4)17(22)19-10-15-8-6-7-9-16(15)23-5/h6-9,14H,10H2,1-5H3,(H,19,22). The summed E-state index contributed by atoms with van der Waals surface area (Å²) in [6.07, 6.45) is 0. The molecule has 1 aromatic heterocycles. The van der Waals surface area contributed by atoms with Crippen LogP contribution >= 0.6 is 11.8 Å². The number of hydrogen-bond donors (Lipinski definition) is 1. The van der Waals surface area contributed by atoms with E-state index in [0.717, 1.165) is 28.3 Å². The van der Waals surface area contributed by atoms with Gasteiger partial charge in [-0.3, -0.25) is 4.79 Å². The monoisotopic (exact) mass is 345 g/mol. The van der Waals surface area contributed by atoms with Gasteiger partial charge in [-0.05, 0) is 39.3 Å². The number of methoxy groups -OCH3 is 1. The van der Waals surface area contributed by atoms with Crippen molar-refractivity contribution in [1.82, 2.24) is 15.3 Å². The summed E-state index contributed by atoms with van der Waals surface area (Å²) in [7, 11) is 1.62. The van der Waals surface area contributed by atoms with Crippen LogP contribution in [0.5, 0.6) is 5.75 Å². The Morgan fingerprint density at radius 2 is 1.83 bits per heavy atom. The van der Waals surface area contributed by atoms with E-state index in [2.05, 4.69) is 15.3 Å². The number of para-hydroxylation sites is 1. The number of benzene rings is 1. The number of thioether (sulfide) groups is 1. The van der Waals surface area contributed by atoms with Gasteiger partial charge in [-0.2, -0.15) is 0 Å². The van der Waals surface area contributed by atoms with Crippen LogP contribution in [0.15, 0.2) is 29.4 Å². The molecule has 6 heteroatoms. The number of ether oxygens (including phenoxy) is 1. The van der Waals surface area contributed by atoms with Crippen molar-refractivity contribution in [3.63, 3.8) is 0 Å². The Morgan fingerprint density at radius 3 is 2.46 bits per heavy atom. The predicted octanol–water partition coefficient (Wildman–Crippen LogP) is 3.21. The van der Waals surface area contributed by atoms with Crippen LogP contribution < -0.4 is 10.1 Å². The van der Waals surface area contributed by atoms with E-state index in [1.165, 1.54) is 11.8 Å². The molecule has 24 heavy (non-hydrogen) atoms. The van der Waals surface area contributed by atoms with Crippen LogP contribution in [-0.2, 0) is 11.3 Å². The predicted molar refractivity (Wildman–Crippen MR) is 96.4 cm³/mol. The second-order valence-corrected chi connectivity index (χ2v) is 6.90. The minimum absolute atomic E-state index is 0.0506. The molecule has 2 aromatic rings. The minimum Gasteiger partial charge on any atom is -0.496 e. The lowest BCUT2D eigenvalue weighted by Gasteiger charge is -2.14. The maximum Gasteiger partial charge on any atom is 0.233 e. The van der Waals surface area contributed by atoms with Gasteiger partial charge in [0, 0.05) is 23.5 Å². The molecule has 1 aromatic carbocycles. The summed E-state index contributed by atoms with van der Waals surface area (Å²) in [4.78, 5) is 21.2. The lowest BCUT2D eigenvalue weighted by atomic mass is 10.2. The first kappa shape index (κ1) is 18.3. The molecule has 0 aliphatic heterocycles. The molecule has 1 amide bonds. The third-order valence-corrected chi connectivity index (χ3v) is 4.87. The van der Waals surface area contributed by atoms with Crippen molar-refractivity contribution in [2.24, 2.45) is 0 Å². The summed E-state index contributed by atoms with van der Waals surface area (Å²) in [6, 6.07) is 7.65. The van der Waals surface area contributed by atoms with Gasteiger partial charge in [-0.1, -0.05) is 30.0 Å². The zero-order valence-corrected chi connectivity index (χ0v) is 15.5. The molecule has 1 unspecified atom stereocenters. The topological polar surface area (TPSA) is 64.1 Å². The molecule has 0 radical (unpaired) electrons. The maximum absolute atomic E-state index is 12.3. The molecule has 1 atom stereocenters. The third-order valence-electron chi connectivity index (χ3n) is 3.91. The van der Waals surface area contributed by atoms with Gasteiger partial charge >= 0.3 is 0 Å². The van der Waals surface area contributed by atoms with Gasteiger partial charge in [0.2, 0.25) is 5.91 Å². The third kappa shape index (κ3) is 4.47. The Morgan fingerprint density at radius 1 is 1.21 bits per heavy atom. The highest BCUT2D eigenvalue weighted by Gasteiger charge is 2.17. The van der Waals surface area contributed by atoms with E-state index in [0.29, 0.717) is 11.7 Å². The molecule has 0 aliphatic carbocycles. The van der Waals surface area contributed by atoms with Crippen LogP contribution in [0.3, 0.4) is 0 Å². The Bertz CT molecular complexity index is 711. The van der Waals surface area contributed by atoms with Gasteiger partial charge in [-0.15, -0.1) is 0 Å². The van der Waals surface area contributed by atoms with Crippen LogP contribution in [0.2, 0.25) is 0 Å². The highest BCUT2D eigenvalue weighted by molar-refractivity contribution is 8.00. The van der Waals surface area contributed by atoms with Crippen molar-refractivity contribution in [2.45, 2.75) is 44.6 Å². The van der Waals surface area contributed by atoms with Crippen molar-refractivity contribution >= 4 is 17.7 Å². The summed E-state index contributed by atoms with van der Waals surface area (Å²) in [5.74, 6) is 0.719. The fourth-order valence-electron chi connectivity index (χ4n) is 2.18. The average Bonchev–Trinajstić information content (AvgIpc) is 2.57. The highest BCUT2D eigenvalue weighted by Crippen LogP contribution is 2.22. The molecule has 0 saturated carbocycles. The molecule has 1 N–H and O–H groups in total. The highest BCUT2D eigenvalue weighted by atomic mass is 32.2. The largest absolute Gasteiger partial charge is 0.496 e. The molecule has 5 nitrogen and oxygen atoms in total. The molecule has 128 valence electrons. The van der Waals surface area contributed by atoms with E-state index in [1.807, 2.05) is 52.0 Å². The van der Waals surface area contributed by atoms with Crippen LogP contribution in [0, 0.1) is 20.8 Å². The zero-order chi connectivity index (χ0) is 17.7. The van der Waals surface area contributed by atoms with Gasteiger partial charge in [0.05, 0.1) is 12.4 Å². The van der Waals surface area contributed by atoms with Gasteiger partial charge in [0.15, 0.2) is 5.16 Å². The summed E-state index contributed by atoms with van der Waals surface area (Å²) in [6.45, 7) is 8.21. The summed E-state index contributed by atoms with van der Waals surface area (Å²) in [5.41, 5.74) is 3.94. The van der Waals surface area contributed by atoms with Crippen molar-refractivity contribution < 1.29 is 9.53 Å². The van der Waals surface area contributed by atoms with Crippen LogP contribution in [0.1, 0.15) is 29.4 Å². The molecule has 0 aliphatic rings. The van der Waals surface area contributed by atoms with Crippen molar-refractivity contribution in [1.29, 1.82) is 0 Å². The average molecular weight is 345 g/mol. The van der Waals surface area contributed by atoms with Gasteiger partial charge in [-0.25, -0.2) is 9.97 Å². The SMILES string of the molecule is COc1ccccc1CNC(=O)C(C)Sc1nc(C)c(C)c(C)n1. The van der Waals surface area contributed by atoms with E-state index in [-0.39, 0.29) is 11.2 Å². The number of carbonyl (C=O) groups excluding carboxylic acids is 1. The Balaban J connectivity index is 1.97. The van der Waals surface area contributed by atoms with Gasteiger partial charge in [0.1, 0.15) is 5.75 Å². The summed E-state index contributed by atoms with van der Waals surface area (Å²) < 4.78 is 5.29. The minimum atomic E-state index is -0.277. The first-order valence-corrected chi connectivity index (χ1v) is 8.68. The first-order valence-electron chi connectivity index (χ1n) is 7.80. The van der Waals surface area contributed by atoms with Crippen molar-refractivity contribution in [3.8, 4) is 5.75 Å².